The van der Waals surface area contributed by atoms with E-state index in [1.807, 2.05) is 0 Å². The van der Waals surface area contributed by atoms with Gasteiger partial charge >= 0.3 is 0 Å². The number of hydrogen-bond donors (Lipinski definition) is 0. The SMILES string of the molecule is C1=CC23OC2(c2ccccc21)C12C=Cc4ccccc4C1(O2)C12C=Cc4ccccc4C31O2. The lowest BCUT2D eigenvalue weighted by Crippen LogP contribution is -2.60. The molecule has 3 saturated heterocycles. The van der Waals surface area contributed by atoms with Crippen molar-refractivity contribution in [1.82, 2.24) is 0 Å². The van der Waals surface area contributed by atoms with Crippen molar-refractivity contribution in [2.45, 2.75) is 33.6 Å². The highest BCUT2D eigenvalue weighted by atomic mass is 16.8. The number of fused-ring (bicyclic) bond motifs is 3. The van der Waals surface area contributed by atoms with Crippen LogP contribution in [0.4, 0.5) is 0 Å². The molecule has 0 bridgehead atoms. The Kier molecular flexibility index (Phi) is 2.14. The third-order valence-corrected chi connectivity index (χ3v) is 9.47. The van der Waals surface area contributed by atoms with Gasteiger partial charge in [0.1, 0.15) is 0 Å². The second kappa shape index (κ2) is 4.30. The van der Waals surface area contributed by atoms with Gasteiger partial charge in [-0.25, -0.2) is 0 Å². The lowest BCUT2D eigenvalue weighted by Gasteiger charge is -2.42. The summed E-state index contributed by atoms with van der Waals surface area (Å²) in [6, 6.07) is 25.8. The first kappa shape index (κ1) is 16.4. The fourth-order valence-corrected chi connectivity index (χ4v) is 8.34. The molecule has 3 aliphatic heterocycles. The zero-order chi connectivity index (χ0) is 21.3. The van der Waals surface area contributed by atoms with E-state index in [4.69, 9.17) is 14.2 Å². The minimum absolute atomic E-state index is 0.619. The smallest absolute Gasteiger partial charge is 0.167 e. The highest BCUT2D eigenvalue weighted by Crippen LogP contribution is 2.96. The fourth-order valence-electron chi connectivity index (χ4n) is 8.34. The molecule has 156 valence electrons. The van der Waals surface area contributed by atoms with Gasteiger partial charge in [-0.1, -0.05) is 91.0 Å². The van der Waals surface area contributed by atoms with E-state index in [0.717, 1.165) is 0 Å². The first-order valence-corrected chi connectivity index (χ1v) is 11.7. The number of hydrogen-bond acceptors (Lipinski definition) is 3. The number of rotatable bonds is 0. The normalized spacial score (nSPS) is 46.2. The first-order chi connectivity index (χ1) is 16.2. The van der Waals surface area contributed by atoms with E-state index >= 15 is 0 Å². The standard InChI is InChI=1S/C30H18O3/c1-4-10-22-19(7-1)13-16-25-28(22,31-25)26-17-14-20-8-3-6-12-24(20)30(26,32-26)27-18-15-21-9-2-5-11-23(21)29(25,27)33-27/h1-18H. The zero-order valence-electron chi connectivity index (χ0n) is 17.6. The number of ether oxygens (including phenoxy) is 3. The van der Waals surface area contributed by atoms with Gasteiger partial charge in [0.2, 0.25) is 0 Å². The van der Waals surface area contributed by atoms with Crippen molar-refractivity contribution >= 4 is 18.2 Å². The van der Waals surface area contributed by atoms with Crippen molar-refractivity contribution in [3.05, 3.63) is 124 Å². The summed E-state index contributed by atoms with van der Waals surface area (Å²) in [4.78, 5) is 0. The van der Waals surface area contributed by atoms with Crippen molar-refractivity contribution in [3.8, 4) is 0 Å². The molecule has 7 aliphatic rings. The maximum Gasteiger partial charge on any atom is 0.167 e. The van der Waals surface area contributed by atoms with Crippen LogP contribution in [0.25, 0.3) is 18.2 Å². The van der Waals surface area contributed by atoms with E-state index in [0.29, 0.717) is 0 Å². The molecule has 3 heterocycles. The van der Waals surface area contributed by atoms with Crippen LogP contribution in [0.5, 0.6) is 0 Å². The van der Waals surface area contributed by atoms with Gasteiger partial charge in [0.15, 0.2) is 33.6 Å². The van der Waals surface area contributed by atoms with Crippen LogP contribution in [0.15, 0.2) is 91.0 Å². The van der Waals surface area contributed by atoms with Crippen LogP contribution in [0.2, 0.25) is 0 Å². The summed E-state index contributed by atoms with van der Waals surface area (Å²) in [5.74, 6) is 0. The molecule has 10 rings (SSSR count). The van der Waals surface area contributed by atoms with Crippen LogP contribution >= 0.6 is 0 Å². The van der Waals surface area contributed by atoms with E-state index in [2.05, 4.69) is 109 Å². The Morgan fingerprint density at radius 2 is 0.697 bits per heavy atom. The Balaban J connectivity index is 1.40. The molecular weight excluding hydrogens is 408 g/mol. The summed E-state index contributed by atoms with van der Waals surface area (Å²) in [7, 11) is 0. The van der Waals surface area contributed by atoms with Crippen molar-refractivity contribution in [3.63, 3.8) is 0 Å². The Morgan fingerprint density at radius 3 is 1.03 bits per heavy atom. The average Bonchev–Trinajstić information content (AvgIpc) is 3.77. The van der Waals surface area contributed by atoms with Crippen molar-refractivity contribution in [1.29, 1.82) is 0 Å². The molecule has 33 heavy (non-hydrogen) atoms. The molecular formula is C30H18O3. The Morgan fingerprint density at radius 1 is 0.394 bits per heavy atom. The molecule has 1 saturated carbocycles. The summed E-state index contributed by atoms with van der Waals surface area (Å²) in [6.45, 7) is 0. The molecule has 4 aliphatic carbocycles. The van der Waals surface area contributed by atoms with Gasteiger partial charge in [-0.05, 0) is 51.6 Å². The predicted octanol–water partition coefficient (Wildman–Crippen LogP) is 5.07. The van der Waals surface area contributed by atoms with Gasteiger partial charge in [-0.3, -0.25) is 0 Å². The molecule has 3 nitrogen and oxygen atoms in total. The van der Waals surface area contributed by atoms with E-state index in [1.165, 1.54) is 33.4 Å². The zero-order valence-corrected chi connectivity index (χ0v) is 17.6. The van der Waals surface area contributed by atoms with Crippen molar-refractivity contribution < 1.29 is 14.2 Å². The van der Waals surface area contributed by atoms with Crippen LogP contribution in [-0.4, -0.2) is 16.8 Å². The average molecular weight is 426 g/mol. The number of epoxide rings is 3. The van der Waals surface area contributed by atoms with Gasteiger partial charge in [0.25, 0.3) is 0 Å². The van der Waals surface area contributed by atoms with Crippen LogP contribution in [-0.2, 0) is 31.0 Å². The summed E-state index contributed by atoms with van der Waals surface area (Å²) >= 11 is 0. The molecule has 3 heteroatoms. The third-order valence-electron chi connectivity index (χ3n) is 9.47. The second-order valence-corrected chi connectivity index (χ2v) is 10.3. The van der Waals surface area contributed by atoms with Crippen LogP contribution in [0.1, 0.15) is 33.4 Å². The van der Waals surface area contributed by atoms with E-state index in [1.54, 1.807) is 0 Å². The maximum atomic E-state index is 7.11. The topological polar surface area (TPSA) is 37.6 Å². The largest absolute Gasteiger partial charge is 0.345 e. The highest BCUT2D eigenvalue weighted by molar-refractivity contribution is 5.84. The molecule has 0 amide bonds. The molecule has 0 aromatic heterocycles. The lowest BCUT2D eigenvalue weighted by atomic mass is 9.49. The molecule has 4 fully saturated rings. The molecule has 3 aromatic carbocycles. The Labute approximate surface area is 190 Å². The predicted molar refractivity (Wildman–Crippen MR) is 123 cm³/mol. The summed E-state index contributed by atoms with van der Waals surface area (Å²) in [5, 5.41) is 0. The maximum absolute atomic E-state index is 7.11. The van der Waals surface area contributed by atoms with Crippen LogP contribution in [0, 0.1) is 0 Å². The van der Waals surface area contributed by atoms with Crippen molar-refractivity contribution in [2.24, 2.45) is 0 Å². The molecule has 0 N–H and O–H groups in total. The lowest BCUT2D eigenvalue weighted by molar-refractivity contribution is 0.174. The molecule has 0 spiro atoms. The van der Waals surface area contributed by atoms with Gasteiger partial charge in [-0.2, -0.15) is 0 Å². The Hall–Kier alpha value is -3.24. The van der Waals surface area contributed by atoms with Crippen LogP contribution < -0.4 is 0 Å². The van der Waals surface area contributed by atoms with Crippen LogP contribution in [0.3, 0.4) is 0 Å². The highest BCUT2D eigenvalue weighted by Gasteiger charge is 3.12. The van der Waals surface area contributed by atoms with Gasteiger partial charge in [0.05, 0.1) is 0 Å². The van der Waals surface area contributed by atoms with Gasteiger partial charge < -0.3 is 14.2 Å². The van der Waals surface area contributed by atoms with Gasteiger partial charge in [0, 0.05) is 0 Å². The van der Waals surface area contributed by atoms with Gasteiger partial charge in [-0.15, -0.1) is 0 Å². The van der Waals surface area contributed by atoms with E-state index in [9.17, 15) is 0 Å². The van der Waals surface area contributed by atoms with Crippen molar-refractivity contribution in [2.75, 3.05) is 0 Å². The monoisotopic (exact) mass is 426 g/mol. The molecule has 3 aromatic rings. The van der Waals surface area contributed by atoms with E-state index in [-0.39, 0.29) is 0 Å². The summed E-state index contributed by atoms with van der Waals surface area (Å²) < 4.78 is 21.3. The quantitative estimate of drug-likeness (QED) is 0.471. The number of benzene rings is 3. The Bertz CT molecular complexity index is 1390. The fraction of sp³-hybridized carbons (Fsp3) is 0.200. The summed E-state index contributed by atoms with van der Waals surface area (Å²) in [5.41, 5.74) is 3.43. The third kappa shape index (κ3) is 1.19. The molecule has 0 radical (unpaired) electrons. The first-order valence-electron chi connectivity index (χ1n) is 11.7. The molecule has 0 atom stereocenters. The van der Waals surface area contributed by atoms with E-state index < -0.39 is 33.6 Å². The molecule has 0 unspecified atom stereocenters. The minimum Gasteiger partial charge on any atom is -0.345 e. The second-order valence-electron chi connectivity index (χ2n) is 10.3. The minimum atomic E-state index is -0.631. The summed E-state index contributed by atoms with van der Waals surface area (Å²) in [6.07, 6.45) is 13.4.